The van der Waals surface area contributed by atoms with Crippen molar-refractivity contribution in [1.29, 1.82) is 0 Å². The van der Waals surface area contributed by atoms with Gasteiger partial charge in [0, 0.05) is 29.4 Å². The van der Waals surface area contributed by atoms with E-state index in [-0.39, 0.29) is 11.4 Å². The van der Waals surface area contributed by atoms with E-state index in [0.29, 0.717) is 22.9 Å². The number of nitrogens with zero attached hydrogens (tertiary/aromatic N) is 2. The minimum atomic E-state index is -3.75. The van der Waals surface area contributed by atoms with Gasteiger partial charge in [0.15, 0.2) is 11.5 Å². The molecule has 0 aliphatic heterocycles. The Morgan fingerprint density at radius 1 is 1.08 bits per heavy atom. The van der Waals surface area contributed by atoms with Gasteiger partial charge in [-0.2, -0.15) is 11.3 Å². The molecule has 3 aromatic rings. The van der Waals surface area contributed by atoms with Crippen LogP contribution in [0.3, 0.4) is 0 Å². The molecular weight excluding hydrogens is 374 g/mol. The van der Waals surface area contributed by atoms with E-state index in [9.17, 15) is 8.42 Å². The second-order valence-corrected chi connectivity index (χ2v) is 7.75. The first-order chi connectivity index (χ1) is 12.5. The third kappa shape index (κ3) is 3.85. The zero-order chi connectivity index (χ0) is 18.6. The summed E-state index contributed by atoms with van der Waals surface area (Å²) in [6.07, 6.45) is 3.12. The van der Waals surface area contributed by atoms with Crippen molar-refractivity contribution in [2.75, 3.05) is 14.2 Å². The summed E-state index contributed by atoms with van der Waals surface area (Å²) >= 11 is 1.54. The number of hydrogen-bond acceptors (Lipinski definition) is 7. The van der Waals surface area contributed by atoms with Gasteiger partial charge in [0.1, 0.15) is 0 Å². The van der Waals surface area contributed by atoms with Crippen molar-refractivity contribution in [3.8, 4) is 22.8 Å². The molecule has 0 saturated heterocycles. The molecule has 0 unspecified atom stereocenters. The summed E-state index contributed by atoms with van der Waals surface area (Å²) in [7, 11) is -0.809. The van der Waals surface area contributed by atoms with E-state index < -0.39 is 10.0 Å². The molecule has 3 rings (SSSR count). The topological polar surface area (TPSA) is 90.4 Å². The number of rotatable bonds is 7. The Balaban J connectivity index is 1.84. The van der Waals surface area contributed by atoms with Crippen LogP contribution in [0.1, 0.15) is 5.69 Å². The van der Waals surface area contributed by atoms with Gasteiger partial charge < -0.3 is 9.47 Å². The molecule has 0 atom stereocenters. The van der Waals surface area contributed by atoms with Gasteiger partial charge in [0.05, 0.1) is 37.0 Å². The highest BCUT2D eigenvalue weighted by Gasteiger charge is 2.18. The zero-order valence-corrected chi connectivity index (χ0v) is 15.8. The molecule has 0 spiro atoms. The first kappa shape index (κ1) is 18.3. The van der Waals surface area contributed by atoms with Gasteiger partial charge >= 0.3 is 0 Å². The van der Waals surface area contributed by atoms with Crippen LogP contribution in [-0.2, 0) is 16.6 Å². The fraction of sp³-hybridized carbons (Fsp3) is 0.176. The van der Waals surface area contributed by atoms with Gasteiger partial charge in [-0.05, 0) is 23.6 Å². The Labute approximate surface area is 155 Å². The van der Waals surface area contributed by atoms with Crippen molar-refractivity contribution in [2.45, 2.75) is 11.4 Å². The Kier molecular flexibility index (Phi) is 5.50. The van der Waals surface area contributed by atoms with E-state index in [1.54, 1.807) is 12.3 Å². The summed E-state index contributed by atoms with van der Waals surface area (Å²) in [5, 5.41) is 3.87. The SMILES string of the molecule is COc1ccc(S(=O)(=O)NCc2nccnc2-c2ccsc2)cc1OC. The largest absolute Gasteiger partial charge is 0.493 e. The normalized spacial score (nSPS) is 11.3. The van der Waals surface area contributed by atoms with Crippen molar-refractivity contribution in [1.82, 2.24) is 14.7 Å². The standard InChI is InChI=1S/C17H17N3O4S2/c1-23-15-4-3-13(9-16(15)24-2)26(21,22)20-10-14-17(19-7-6-18-14)12-5-8-25-11-12/h3-9,11,20H,10H2,1-2H3. The van der Waals surface area contributed by atoms with Crippen molar-refractivity contribution in [3.63, 3.8) is 0 Å². The minimum absolute atomic E-state index is 0.0235. The Morgan fingerprint density at radius 3 is 2.54 bits per heavy atom. The van der Waals surface area contributed by atoms with Crippen LogP contribution in [0.25, 0.3) is 11.3 Å². The molecule has 26 heavy (non-hydrogen) atoms. The summed E-state index contributed by atoms with van der Waals surface area (Å²) < 4.78 is 38.1. The monoisotopic (exact) mass is 391 g/mol. The van der Waals surface area contributed by atoms with Gasteiger partial charge in [-0.25, -0.2) is 13.1 Å². The van der Waals surface area contributed by atoms with Crippen LogP contribution in [0, 0.1) is 0 Å². The average molecular weight is 391 g/mol. The Morgan fingerprint density at radius 2 is 1.85 bits per heavy atom. The fourth-order valence-corrected chi connectivity index (χ4v) is 4.01. The molecule has 7 nitrogen and oxygen atoms in total. The fourth-order valence-electron chi connectivity index (χ4n) is 2.37. The smallest absolute Gasteiger partial charge is 0.241 e. The average Bonchev–Trinajstić information content (AvgIpc) is 3.20. The third-order valence-electron chi connectivity index (χ3n) is 3.66. The Bertz CT molecular complexity index is 989. The molecule has 9 heteroatoms. The van der Waals surface area contributed by atoms with E-state index in [2.05, 4.69) is 14.7 Å². The lowest BCUT2D eigenvalue weighted by Crippen LogP contribution is -2.24. The maximum Gasteiger partial charge on any atom is 0.241 e. The van der Waals surface area contributed by atoms with Crippen LogP contribution in [0.15, 0.2) is 52.3 Å². The van der Waals surface area contributed by atoms with Gasteiger partial charge in [-0.3, -0.25) is 9.97 Å². The molecular formula is C17H17N3O4S2. The van der Waals surface area contributed by atoms with Crippen molar-refractivity contribution < 1.29 is 17.9 Å². The number of benzene rings is 1. The van der Waals surface area contributed by atoms with Crippen LogP contribution in [0.4, 0.5) is 0 Å². The number of ether oxygens (including phenoxy) is 2. The van der Waals surface area contributed by atoms with Gasteiger partial charge in [0.25, 0.3) is 0 Å². The maximum absolute atomic E-state index is 12.6. The van der Waals surface area contributed by atoms with Crippen LogP contribution >= 0.6 is 11.3 Å². The molecule has 0 bridgehead atoms. The highest BCUT2D eigenvalue weighted by Crippen LogP contribution is 2.29. The van der Waals surface area contributed by atoms with Crippen LogP contribution in [-0.4, -0.2) is 32.6 Å². The lowest BCUT2D eigenvalue weighted by atomic mass is 10.2. The van der Waals surface area contributed by atoms with Crippen LogP contribution in [0.2, 0.25) is 0 Å². The zero-order valence-electron chi connectivity index (χ0n) is 14.2. The molecule has 0 radical (unpaired) electrons. The molecule has 0 aliphatic carbocycles. The summed E-state index contributed by atoms with van der Waals surface area (Å²) in [6, 6.07) is 6.34. The van der Waals surface area contributed by atoms with Crippen molar-refractivity contribution in [2.24, 2.45) is 0 Å². The molecule has 2 heterocycles. The third-order valence-corrected chi connectivity index (χ3v) is 5.75. The minimum Gasteiger partial charge on any atom is -0.493 e. The molecule has 2 aromatic heterocycles. The van der Waals surface area contributed by atoms with Gasteiger partial charge in [-0.15, -0.1) is 0 Å². The molecule has 0 saturated carbocycles. The number of sulfonamides is 1. The van der Waals surface area contributed by atoms with E-state index >= 15 is 0 Å². The second-order valence-electron chi connectivity index (χ2n) is 5.21. The van der Waals surface area contributed by atoms with E-state index in [1.165, 1.54) is 43.9 Å². The molecule has 1 aromatic carbocycles. The first-order valence-electron chi connectivity index (χ1n) is 7.59. The van der Waals surface area contributed by atoms with E-state index in [1.807, 2.05) is 16.8 Å². The maximum atomic E-state index is 12.6. The molecule has 0 amide bonds. The first-order valence-corrected chi connectivity index (χ1v) is 10.0. The lowest BCUT2D eigenvalue weighted by Gasteiger charge is -2.11. The molecule has 1 N–H and O–H groups in total. The predicted octanol–water partition coefficient (Wildman–Crippen LogP) is 2.70. The van der Waals surface area contributed by atoms with Gasteiger partial charge in [0.2, 0.25) is 10.0 Å². The molecule has 136 valence electrons. The number of thiophene rings is 1. The van der Waals surface area contributed by atoms with E-state index in [4.69, 9.17) is 9.47 Å². The summed E-state index contributed by atoms with van der Waals surface area (Å²) in [5.74, 6) is 0.800. The van der Waals surface area contributed by atoms with Crippen molar-refractivity contribution in [3.05, 3.63) is 53.1 Å². The Hall–Kier alpha value is -2.49. The summed E-state index contributed by atoms with van der Waals surface area (Å²) in [6.45, 7) is 0.0235. The number of aromatic nitrogens is 2. The second kappa shape index (κ2) is 7.81. The number of hydrogen-bond donors (Lipinski definition) is 1. The van der Waals surface area contributed by atoms with Gasteiger partial charge in [-0.1, -0.05) is 0 Å². The summed E-state index contributed by atoms with van der Waals surface area (Å²) in [5.41, 5.74) is 2.11. The molecule has 0 aliphatic rings. The van der Waals surface area contributed by atoms with Crippen LogP contribution in [0.5, 0.6) is 11.5 Å². The van der Waals surface area contributed by atoms with Crippen LogP contribution < -0.4 is 14.2 Å². The van der Waals surface area contributed by atoms with Crippen molar-refractivity contribution >= 4 is 21.4 Å². The highest BCUT2D eigenvalue weighted by molar-refractivity contribution is 7.89. The molecule has 0 fully saturated rings. The number of nitrogens with one attached hydrogen (secondary N) is 1. The predicted molar refractivity (Wildman–Crippen MR) is 98.9 cm³/mol. The lowest BCUT2D eigenvalue weighted by molar-refractivity contribution is 0.354. The number of methoxy groups -OCH3 is 2. The van der Waals surface area contributed by atoms with E-state index in [0.717, 1.165) is 5.56 Å². The highest BCUT2D eigenvalue weighted by atomic mass is 32.2. The summed E-state index contributed by atoms with van der Waals surface area (Å²) in [4.78, 5) is 8.66. The quantitative estimate of drug-likeness (QED) is 0.666.